The number of carbonyl (C=O) groups is 1. The van der Waals surface area contributed by atoms with Gasteiger partial charge in [0.25, 0.3) is 5.91 Å². The molecule has 1 aliphatic rings. The Kier molecular flexibility index (Phi) is 4.29. The molecular formula is C17H23NO2. The first-order chi connectivity index (χ1) is 9.45. The van der Waals surface area contributed by atoms with Crippen LogP contribution in [-0.2, 0) is 9.53 Å². The molecule has 2 atom stereocenters. The molecule has 0 bridgehead atoms. The Morgan fingerprint density at radius 1 is 1.25 bits per heavy atom. The predicted molar refractivity (Wildman–Crippen MR) is 81.2 cm³/mol. The van der Waals surface area contributed by atoms with Crippen molar-refractivity contribution in [2.45, 2.75) is 32.9 Å². The van der Waals surface area contributed by atoms with E-state index in [1.54, 1.807) is 7.11 Å². The van der Waals surface area contributed by atoms with E-state index >= 15 is 0 Å². The van der Waals surface area contributed by atoms with Gasteiger partial charge in [-0.3, -0.25) is 4.79 Å². The monoisotopic (exact) mass is 273 g/mol. The van der Waals surface area contributed by atoms with E-state index in [4.69, 9.17) is 4.74 Å². The lowest BCUT2D eigenvalue weighted by Gasteiger charge is -2.52. The second kappa shape index (κ2) is 5.80. The summed E-state index contributed by atoms with van der Waals surface area (Å²) in [7, 11) is 1.61. The van der Waals surface area contributed by atoms with Gasteiger partial charge in [-0.1, -0.05) is 63.3 Å². The number of nitrogens with zero attached hydrogens (tertiary/aromatic N) is 1. The fourth-order valence-electron chi connectivity index (χ4n) is 2.74. The largest absolute Gasteiger partial charge is 0.369 e. The highest BCUT2D eigenvalue weighted by atomic mass is 16.5. The summed E-state index contributed by atoms with van der Waals surface area (Å²) in [6.07, 6.45) is 3.80. The number of methoxy groups -OCH3 is 1. The minimum Gasteiger partial charge on any atom is -0.369 e. The topological polar surface area (TPSA) is 29.5 Å². The molecule has 0 N–H and O–H groups in total. The molecule has 0 radical (unpaired) electrons. The zero-order chi connectivity index (χ0) is 14.8. The summed E-state index contributed by atoms with van der Waals surface area (Å²) in [5.74, 6) is 0.0881. The number of carbonyl (C=O) groups excluding carboxylic acids is 1. The molecule has 0 unspecified atom stereocenters. The summed E-state index contributed by atoms with van der Waals surface area (Å²) in [5, 5.41) is 0. The summed E-state index contributed by atoms with van der Waals surface area (Å²) in [6.45, 7) is 7.06. The third-order valence-electron chi connectivity index (χ3n) is 3.70. The van der Waals surface area contributed by atoms with Gasteiger partial charge in [-0.15, -0.1) is 0 Å². The van der Waals surface area contributed by atoms with Crippen molar-refractivity contribution in [2.75, 3.05) is 13.7 Å². The van der Waals surface area contributed by atoms with Crippen molar-refractivity contribution in [3.05, 3.63) is 42.0 Å². The maximum Gasteiger partial charge on any atom is 0.254 e. The molecule has 1 heterocycles. The highest BCUT2D eigenvalue weighted by molar-refractivity contribution is 5.89. The van der Waals surface area contributed by atoms with E-state index in [9.17, 15) is 4.79 Å². The molecule has 20 heavy (non-hydrogen) atoms. The van der Waals surface area contributed by atoms with E-state index in [0.717, 1.165) is 5.56 Å². The zero-order valence-electron chi connectivity index (χ0n) is 12.7. The molecule has 1 aromatic carbocycles. The smallest absolute Gasteiger partial charge is 0.254 e. The van der Waals surface area contributed by atoms with E-state index in [-0.39, 0.29) is 23.5 Å². The Morgan fingerprint density at radius 3 is 2.45 bits per heavy atom. The van der Waals surface area contributed by atoms with Crippen molar-refractivity contribution in [3.8, 4) is 0 Å². The Labute approximate surface area is 121 Å². The minimum atomic E-state index is -0.292. The maximum atomic E-state index is 12.1. The van der Waals surface area contributed by atoms with Crippen LogP contribution in [0, 0.1) is 5.41 Å². The second-order valence-corrected chi connectivity index (χ2v) is 6.27. The summed E-state index contributed by atoms with van der Waals surface area (Å²) < 4.78 is 5.32. The van der Waals surface area contributed by atoms with Crippen LogP contribution in [0.25, 0.3) is 6.08 Å². The number of hydrogen-bond acceptors (Lipinski definition) is 2. The molecule has 0 aromatic heterocycles. The SMILES string of the molecule is CO[C@@H]1C(=O)N(C/C=C/c2ccccc2)[C@@H]1C(C)(C)C. The van der Waals surface area contributed by atoms with Crippen LogP contribution < -0.4 is 0 Å². The van der Waals surface area contributed by atoms with Crippen molar-refractivity contribution in [1.82, 2.24) is 4.90 Å². The number of rotatable bonds is 4. The molecule has 1 aliphatic heterocycles. The summed E-state index contributed by atoms with van der Waals surface area (Å²) in [4.78, 5) is 14.0. The first kappa shape index (κ1) is 14.8. The molecule has 0 spiro atoms. The Bertz CT molecular complexity index is 487. The number of ether oxygens (including phenoxy) is 1. The lowest BCUT2D eigenvalue weighted by atomic mass is 9.76. The van der Waals surface area contributed by atoms with Gasteiger partial charge in [0.15, 0.2) is 6.10 Å². The average Bonchev–Trinajstić information content (AvgIpc) is 2.40. The number of hydrogen-bond donors (Lipinski definition) is 0. The highest BCUT2D eigenvalue weighted by Gasteiger charge is 2.52. The van der Waals surface area contributed by atoms with Crippen molar-refractivity contribution in [2.24, 2.45) is 5.41 Å². The molecule has 1 aromatic rings. The van der Waals surface area contributed by atoms with Crippen LogP contribution in [0.15, 0.2) is 36.4 Å². The Balaban J connectivity index is 2.02. The molecule has 3 heteroatoms. The van der Waals surface area contributed by atoms with Gasteiger partial charge >= 0.3 is 0 Å². The van der Waals surface area contributed by atoms with Crippen molar-refractivity contribution < 1.29 is 9.53 Å². The van der Waals surface area contributed by atoms with Crippen molar-refractivity contribution in [3.63, 3.8) is 0 Å². The molecule has 108 valence electrons. The molecule has 0 aliphatic carbocycles. The van der Waals surface area contributed by atoms with Gasteiger partial charge in [-0.25, -0.2) is 0 Å². The number of β-lactam (4-membered cyclic amide) rings is 1. The van der Waals surface area contributed by atoms with Crippen molar-refractivity contribution >= 4 is 12.0 Å². The number of benzene rings is 1. The Morgan fingerprint density at radius 2 is 1.90 bits per heavy atom. The van der Waals surface area contributed by atoms with Crippen LogP contribution in [0.5, 0.6) is 0 Å². The quantitative estimate of drug-likeness (QED) is 0.789. The lowest BCUT2D eigenvalue weighted by molar-refractivity contribution is -0.178. The van der Waals surface area contributed by atoms with Gasteiger partial charge in [-0.05, 0) is 11.0 Å². The standard InChI is InChI=1S/C17H23NO2/c1-17(2,3)15-14(20-4)16(19)18(15)12-8-11-13-9-6-5-7-10-13/h5-11,14-15H,12H2,1-4H3/b11-8+/t14-,15-/m0/s1. The van der Waals surface area contributed by atoms with Crippen LogP contribution in [0.1, 0.15) is 26.3 Å². The number of likely N-dealkylation sites (tertiary alicyclic amines) is 1. The van der Waals surface area contributed by atoms with E-state index in [0.29, 0.717) is 6.54 Å². The van der Waals surface area contributed by atoms with E-state index in [2.05, 4.69) is 20.8 Å². The zero-order valence-corrected chi connectivity index (χ0v) is 12.7. The molecule has 1 amide bonds. The van der Waals surface area contributed by atoms with E-state index < -0.39 is 0 Å². The number of amides is 1. The molecule has 1 saturated heterocycles. The summed E-state index contributed by atoms with van der Waals surface area (Å²) >= 11 is 0. The fourth-order valence-corrected chi connectivity index (χ4v) is 2.74. The van der Waals surface area contributed by atoms with Crippen LogP contribution in [0.2, 0.25) is 0 Å². The maximum absolute atomic E-state index is 12.1. The van der Waals surface area contributed by atoms with Crippen LogP contribution in [0.4, 0.5) is 0 Å². The first-order valence-electron chi connectivity index (χ1n) is 7.00. The van der Waals surface area contributed by atoms with Crippen LogP contribution in [0.3, 0.4) is 0 Å². The molecule has 1 fully saturated rings. The van der Waals surface area contributed by atoms with Gasteiger partial charge < -0.3 is 9.64 Å². The second-order valence-electron chi connectivity index (χ2n) is 6.27. The molecule has 2 rings (SSSR count). The predicted octanol–water partition coefficient (Wildman–Crippen LogP) is 2.97. The molecular weight excluding hydrogens is 250 g/mol. The fraction of sp³-hybridized carbons (Fsp3) is 0.471. The van der Waals surface area contributed by atoms with E-state index in [1.807, 2.05) is 47.4 Å². The average molecular weight is 273 g/mol. The van der Waals surface area contributed by atoms with E-state index in [1.165, 1.54) is 0 Å². The first-order valence-corrected chi connectivity index (χ1v) is 7.00. The molecule has 0 saturated carbocycles. The summed E-state index contributed by atoms with van der Waals surface area (Å²) in [5.41, 5.74) is 1.17. The van der Waals surface area contributed by atoms with Crippen LogP contribution >= 0.6 is 0 Å². The van der Waals surface area contributed by atoms with Gasteiger partial charge in [-0.2, -0.15) is 0 Å². The normalized spacial score (nSPS) is 23.2. The minimum absolute atomic E-state index is 0.0230. The highest BCUT2D eigenvalue weighted by Crippen LogP contribution is 2.36. The van der Waals surface area contributed by atoms with Crippen LogP contribution in [-0.4, -0.2) is 36.6 Å². The van der Waals surface area contributed by atoms with Gasteiger partial charge in [0, 0.05) is 13.7 Å². The van der Waals surface area contributed by atoms with Crippen molar-refractivity contribution in [1.29, 1.82) is 0 Å². The van der Waals surface area contributed by atoms with Gasteiger partial charge in [0.2, 0.25) is 0 Å². The van der Waals surface area contributed by atoms with Gasteiger partial charge in [0.05, 0.1) is 6.04 Å². The third-order valence-corrected chi connectivity index (χ3v) is 3.70. The Hall–Kier alpha value is -1.61. The van der Waals surface area contributed by atoms with Gasteiger partial charge in [0.1, 0.15) is 0 Å². The molecule has 3 nitrogen and oxygen atoms in total. The third kappa shape index (κ3) is 2.93. The lowest BCUT2D eigenvalue weighted by Crippen LogP contribution is -2.69. The summed E-state index contributed by atoms with van der Waals surface area (Å²) in [6, 6.07) is 10.2.